The average molecular weight is 473 g/mol. The number of aromatic nitrogens is 4. The second-order valence-corrected chi connectivity index (χ2v) is 8.08. The highest BCUT2D eigenvalue weighted by atomic mass is 16.5. The Kier molecular flexibility index (Phi) is 7.47. The van der Waals surface area contributed by atoms with E-state index in [9.17, 15) is 9.59 Å². The fourth-order valence-electron chi connectivity index (χ4n) is 4.01. The maximum absolute atomic E-state index is 13.5. The Morgan fingerprint density at radius 3 is 2.74 bits per heavy atom. The molecule has 1 aliphatic heterocycles. The van der Waals surface area contributed by atoms with E-state index in [0.717, 1.165) is 5.56 Å². The highest BCUT2D eigenvalue weighted by Crippen LogP contribution is 2.18. The van der Waals surface area contributed by atoms with E-state index in [1.165, 1.54) is 10.8 Å². The summed E-state index contributed by atoms with van der Waals surface area (Å²) in [7, 11) is 0. The lowest BCUT2D eigenvalue weighted by molar-refractivity contribution is 0.0942. The van der Waals surface area contributed by atoms with Crippen molar-refractivity contribution in [1.82, 2.24) is 24.8 Å². The third kappa shape index (κ3) is 5.20. The molecule has 3 aromatic rings. The largest absolute Gasteiger partial charge is 0.378 e. The number of morpholine rings is 1. The number of aryl methyl sites for hydroxylation is 1. The van der Waals surface area contributed by atoms with Gasteiger partial charge in [-0.2, -0.15) is 0 Å². The molecule has 1 saturated heterocycles. The zero-order chi connectivity index (χ0) is 24.8. The van der Waals surface area contributed by atoms with Gasteiger partial charge < -0.3 is 15.0 Å². The van der Waals surface area contributed by atoms with Crippen LogP contribution < -0.4 is 15.8 Å². The summed E-state index contributed by atoms with van der Waals surface area (Å²) in [5, 5.41) is 3.43. The second kappa shape index (κ2) is 10.9. The van der Waals surface area contributed by atoms with Gasteiger partial charge in [-0.1, -0.05) is 36.9 Å². The molecule has 2 aromatic heterocycles. The van der Waals surface area contributed by atoms with Gasteiger partial charge in [0, 0.05) is 31.2 Å². The highest BCUT2D eigenvalue weighted by Gasteiger charge is 2.22. The summed E-state index contributed by atoms with van der Waals surface area (Å²) in [6.45, 7) is 9.81. The fourth-order valence-corrected chi connectivity index (χ4v) is 4.01. The van der Waals surface area contributed by atoms with Crippen LogP contribution in [0.1, 0.15) is 28.8 Å². The van der Waals surface area contributed by atoms with E-state index in [0.29, 0.717) is 54.5 Å². The number of nitrogens with one attached hydrogen (secondary N) is 1. The first kappa shape index (κ1) is 24.0. The van der Waals surface area contributed by atoms with Crippen LogP contribution in [0.25, 0.3) is 16.6 Å². The minimum Gasteiger partial charge on any atom is -0.378 e. The first-order valence-electron chi connectivity index (χ1n) is 11.4. The van der Waals surface area contributed by atoms with Gasteiger partial charge >= 0.3 is 0 Å². The second-order valence-electron chi connectivity index (χ2n) is 8.08. The number of hydrogen-bond donors (Lipinski definition) is 1. The Balaban J connectivity index is 1.69. The molecule has 1 aliphatic rings. The van der Waals surface area contributed by atoms with Crippen LogP contribution in [-0.4, -0.2) is 51.7 Å². The van der Waals surface area contributed by atoms with E-state index in [-0.39, 0.29) is 17.8 Å². The molecule has 0 radical (unpaired) electrons. The van der Waals surface area contributed by atoms with Gasteiger partial charge in [0.1, 0.15) is 5.82 Å². The molecule has 3 heterocycles. The molecule has 0 aliphatic carbocycles. The number of carbonyl (C=O) groups is 1. The lowest BCUT2D eigenvalue weighted by atomic mass is 10.1. The van der Waals surface area contributed by atoms with Gasteiger partial charge in [0.2, 0.25) is 0 Å². The van der Waals surface area contributed by atoms with Crippen LogP contribution in [0, 0.1) is 6.92 Å². The van der Waals surface area contributed by atoms with Gasteiger partial charge in [0.05, 0.1) is 30.7 Å². The predicted molar refractivity (Wildman–Crippen MR) is 136 cm³/mol. The number of nitrogens with zero attached hydrogens (tertiary/aromatic N) is 5. The standard InChI is InChI=1S/C26H28N6O3/c1-4-5-6-9-19(3)32-21(30-20-10-7-8-18(2)22(20)26(32)34)17-29-25(33)23-24(28-12-11-27-23)31-13-15-35-16-14-31/h4-12H,1,13-17H2,2-3H3,(H,29,33)/b6-5-,19-9+. The monoisotopic (exact) mass is 472 g/mol. The van der Waals surface area contributed by atoms with E-state index in [2.05, 4.69) is 21.9 Å². The van der Waals surface area contributed by atoms with E-state index >= 15 is 0 Å². The number of fused-ring (bicyclic) bond motifs is 1. The molecule has 35 heavy (non-hydrogen) atoms. The summed E-state index contributed by atoms with van der Waals surface area (Å²) < 4.78 is 6.94. The molecule has 0 spiro atoms. The summed E-state index contributed by atoms with van der Waals surface area (Å²) in [6, 6.07) is 5.55. The number of rotatable bonds is 7. The minimum atomic E-state index is -0.391. The molecule has 0 unspecified atom stereocenters. The molecule has 180 valence electrons. The topological polar surface area (TPSA) is 102 Å². The maximum Gasteiger partial charge on any atom is 0.274 e. The van der Waals surface area contributed by atoms with E-state index < -0.39 is 5.91 Å². The highest BCUT2D eigenvalue weighted by molar-refractivity contribution is 5.96. The Bertz CT molecular complexity index is 1370. The normalized spacial score (nSPS) is 14.5. The number of ether oxygens (including phenoxy) is 1. The Labute approximate surface area is 203 Å². The number of carbonyl (C=O) groups excluding carboxylic acids is 1. The van der Waals surface area contributed by atoms with Crippen molar-refractivity contribution in [2.45, 2.75) is 20.4 Å². The smallest absolute Gasteiger partial charge is 0.274 e. The van der Waals surface area contributed by atoms with Crippen molar-refractivity contribution >= 4 is 28.3 Å². The Hall–Kier alpha value is -4.11. The van der Waals surface area contributed by atoms with Crippen molar-refractivity contribution in [1.29, 1.82) is 0 Å². The van der Waals surface area contributed by atoms with Crippen LogP contribution >= 0.6 is 0 Å². The molecule has 9 nitrogen and oxygen atoms in total. The molecular formula is C26H28N6O3. The molecule has 1 N–H and O–H groups in total. The predicted octanol–water partition coefficient (Wildman–Crippen LogP) is 2.86. The van der Waals surface area contributed by atoms with Gasteiger partial charge in [0.15, 0.2) is 11.5 Å². The summed E-state index contributed by atoms with van der Waals surface area (Å²) in [5.41, 5.74) is 2.13. The summed E-state index contributed by atoms with van der Waals surface area (Å²) in [4.78, 5) is 42.0. The van der Waals surface area contributed by atoms with Crippen molar-refractivity contribution in [3.63, 3.8) is 0 Å². The molecule has 4 rings (SSSR count). The number of amides is 1. The Morgan fingerprint density at radius 2 is 1.97 bits per heavy atom. The fraction of sp³-hybridized carbons (Fsp3) is 0.269. The van der Waals surface area contributed by atoms with Crippen LogP contribution in [-0.2, 0) is 11.3 Å². The number of hydrogen-bond acceptors (Lipinski definition) is 7. The van der Waals surface area contributed by atoms with Crippen molar-refractivity contribution < 1.29 is 9.53 Å². The van der Waals surface area contributed by atoms with Crippen LogP contribution in [0.3, 0.4) is 0 Å². The first-order chi connectivity index (χ1) is 17.0. The minimum absolute atomic E-state index is 0.0352. The molecular weight excluding hydrogens is 444 g/mol. The SMILES string of the molecule is C=C/C=C\C=C(/C)n1c(CNC(=O)c2nccnc2N2CCOCC2)nc2cccc(C)c2c1=O. The lowest BCUT2D eigenvalue weighted by Gasteiger charge is -2.28. The Morgan fingerprint density at radius 1 is 1.20 bits per heavy atom. The van der Waals surface area contributed by atoms with Crippen molar-refractivity contribution in [3.05, 3.63) is 88.9 Å². The molecule has 1 amide bonds. The molecule has 1 fully saturated rings. The quantitative estimate of drug-likeness (QED) is 0.528. The van der Waals surface area contributed by atoms with Gasteiger partial charge in [-0.05, 0) is 31.6 Å². The first-order valence-corrected chi connectivity index (χ1v) is 11.4. The molecule has 1 aromatic carbocycles. The van der Waals surface area contributed by atoms with Crippen LogP contribution in [0.4, 0.5) is 5.82 Å². The van der Waals surface area contributed by atoms with Gasteiger partial charge in [-0.15, -0.1) is 0 Å². The van der Waals surface area contributed by atoms with Crippen molar-refractivity contribution in [3.8, 4) is 0 Å². The number of allylic oxidation sites excluding steroid dienone is 5. The maximum atomic E-state index is 13.5. The summed E-state index contributed by atoms with van der Waals surface area (Å²) in [6.07, 6.45) is 10.1. The summed E-state index contributed by atoms with van der Waals surface area (Å²) in [5.74, 6) is 0.537. The zero-order valence-electron chi connectivity index (χ0n) is 19.9. The molecule has 0 atom stereocenters. The lowest BCUT2D eigenvalue weighted by Crippen LogP contribution is -2.39. The van der Waals surface area contributed by atoms with E-state index in [1.54, 1.807) is 36.6 Å². The molecule has 9 heteroatoms. The van der Waals surface area contributed by atoms with Crippen LogP contribution in [0.5, 0.6) is 0 Å². The number of anilines is 1. The molecule has 0 saturated carbocycles. The van der Waals surface area contributed by atoms with Gasteiger partial charge in [-0.3, -0.25) is 14.2 Å². The van der Waals surface area contributed by atoms with E-state index in [4.69, 9.17) is 9.72 Å². The van der Waals surface area contributed by atoms with Crippen molar-refractivity contribution in [2.24, 2.45) is 0 Å². The number of benzene rings is 1. The van der Waals surface area contributed by atoms with Crippen molar-refractivity contribution in [2.75, 3.05) is 31.2 Å². The zero-order valence-corrected chi connectivity index (χ0v) is 19.9. The van der Waals surface area contributed by atoms with Gasteiger partial charge in [-0.25, -0.2) is 15.0 Å². The summed E-state index contributed by atoms with van der Waals surface area (Å²) >= 11 is 0. The van der Waals surface area contributed by atoms with Crippen LogP contribution in [0.2, 0.25) is 0 Å². The average Bonchev–Trinajstić information content (AvgIpc) is 2.87. The van der Waals surface area contributed by atoms with Crippen LogP contribution in [0.15, 0.2) is 66.3 Å². The van der Waals surface area contributed by atoms with E-state index in [1.807, 2.05) is 30.9 Å². The third-order valence-electron chi connectivity index (χ3n) is 5.72. The third-order valence-corrected chi connectivity index (χ3v) is 5.72. The molecule has 0 bridgehead atoms. The van der Waals surface area contributed by atoms with Gasteiger partial charge in [0.25, 0.3) is 11.5 Å².